The zero-order valence-corrected chi connectivity index (χ0v) is 15.0. The molecule has 0 unspecified atom stereocenters. The van der Waals surface area contributed by atoms with Crippen molar-refractivity contribution >= 4 is 10.0 Å². The van der Waals surface area contributed by atoms with E-state index < -0.39 is 15.6 Å². The number of β-amino-alcohol motifs (C(OH)–C–C–N with tert-alkyl or cyclic N) is 1. The smallest absolute Gasteiger partial charge is 0.260 e. The first-order valence-corrected chi connectivity index (χ1v) is 9.82. The summed E-state index contributed by atoms with van der Waals surface area (Å²) in [6, 6.07) is 4.74. The van der Waals surface area contributed by atoms with Crippen LogP contribution in [-0.2, 0) is 22.0 Å². The molecule has 2 aromatic rings. The summed E-state index contributed by atoms with van der Waals surface area (Å²) in [4.78, 5) is 4.17. The third kappa shape index (κ3) is 2.74. The van der Waals surface area contributed by atoms with Crippen molar-refractivity contribution in [1.29, 1.82) is 0 Å². The summed E-state index contributed by atoms with van der Waals surface area (Å²) in [6.45, 7) is 2.49. The number of aromatic nitrogens is 2. The minimum absolute atomic E-state index is 0.0266. The van der Waals surface area contributed by atoms with Crippen LogP contribution in [0.3, 0.4) is 0 Å². The number of hydrogen-bond acceptors (Lipinski definition) is 8. The predicted molar refractivity (Wildman–Crippen MR) is 88.4 cm³/mol. The van der Waals surface area contributed by atoms with Crippen LogP contribution in [0.1, 0.15) is 25.1 Å². The maximum Gasteiger partial charge on any atom is 0.260 e. The number of hydrogen-bond donors (Lipinski definition) is 1. The van der Waals surface area contributed by atoms with Gasteiger partial charge in [0.1, 0.15) is 18.1 Å². The zero-order valence-electron chi connectivity index (χ0n) is 14.2. The van der Waals surface area contributed by atoms with Crippen molar-refractivity contribution in [2.75, 3.05) is 26.3 Å². The van der Waals surface area contributed by atoms with Gasteiger partial charge in [0.05, 0.1) is 6.54 Å². The van der Waals surface area contributed by atoms with Crippen molar-refractivity contribution in [3.8, 4) is 11.5 Å². The van der Waals surface area contributed by atoms with Crippen LogP contribution in [0, 0.1) is 0 Å². The van der Waals surface area contributed by atoms with Gasteiger partial charge < -0.3 is 19.1 Å². The molecule has 1 aromatic heterocycles. The molecule has 4 rings (SSSR count). The number of ether oxygens (including phenoxy) is 2. The van der Waals surface area contributed by atoms with Gasteiger partial charge in [0.25, 0.3) is 5.89 Å². The fourth-order valence-electron chi connectivity index (χ4n) is 3.12. The predicted octanol–water partition coefficient (Wildman–Crippen LogP) is 0.685. The van der Waals surface area contributed by atoms with Crippen molar-refractivity contribution in [3.63, 3.8) is 0 Å². The van der Waals surface area contributed by atoms with E-state index in [1.165, 1.54) is 10.4 Å². The molecular weight excluding hydrogens is 362 g/mol. The van der Waals surface area contributed by atoms with Gasteiger partial charge in [0, 0.05) is 19.4 Å². The Morgan fingerprint density at radius 3 is 2.88 bits per heavy atom. The molecule has 26 heavy (non-hydrogen) atoms. The summed E-state index contributed by atoms with van der Waals surface area (Å²) in [6.07, 6.45) is 0.735. The third-order valence-electron chi connectivity index (χ3n) is 4.54. The first kappa shape index (κ1) is 17.3. The summed E-state index contributed by atoms with van der Waals surface area (Å²) >= 11 is 0. The summed E-state index contributed by atoms with van der Waals surface area (Å²) in [5, 5.41) is 14.6. The lowest BCUT2D eigenvalue weighted by atomic mass is 10.0. The third-order valence-corrected chi connectivity index (χ3v) is 6.41. The van der Waals surface area contributed by atoms with Crippen LogP contribution >= 0.6 is 0 Å². The molecule has 3 heterocycles. The fraction of sp³-hybridized carbons (Fsp3) is 0.500. The highest BCUT2D eigenvalue weighted by Gasteiger charge is 2.47. The minimum atomic E-state index is -3.88. The van der Waals surface area contributed by atoms with E-state index in [1.807, 2.05) is 6.92 Å². The highest BCUT2D eigenvalue weighted by molar-refractivity contribution is 7.89. The molecule has 1 fully saturated rings. The number of fused-ring (bicyclic) bond motifs is 1. The largest absolute Gasteiger partial charge is 0.486 e. The SMILES string of the molecule is CCc1noc([C@@]2(O)CCN(S(=O)(=O)c3cccc4c3OCCO4)C2)n1. The Morgan fingerprint density at radius 1 is 1.31 bits per heavy atom. The lowest BCUT2D eigenvalue weighted by Crippen LogP contribution is -2.35. The van der Waals surface area contributed by atoms with Gasteiger partial charge in [-0.05, 0) is 12.1 Å². The molecule has 0 bridgehead atoms. The maximum atomic E-state index is 13.1. The molecule has 0 spiro atoms. The topological polar surface area (TPSA) is 115 Å². The Morgan fingerprint density at radius 2 is 2.12 bits per heavy atom. The molecule has 0 aliphatic carbocycles. The van der Waals surface area contributed by atoms with Crippen molar-refractivity contribution in [1.82, 2.24) is 14.4 Å². The second-order valence-electron chi connectivity index (χ2n) is 6.27. The van der Waals surface area contributed by atoms with Gasteiger partial charge in [-0.3, -0.25) is 0 Å². The van der Waals surface area contributed by atoms with Gasteiger partial charge in [-0.25, -0.2) is 8.42 Å². The van der Waals surface area contributed by atoms with Crippen LogP contribution in [0.15, 0.2) is 27.6 Å². The first-order valence-electron chi connectivity index (χ1n) is 8.38. The molecular formula is C16H19N3O6S. The molecule has 1 saturated heterocycles. The average Bonchev–Trinajstić information content (AvgIpc) is 3.29. The Hall–Kier alpha value is -2.17. The maximum absolute atomic E-state index is 13.1. The molecule has 10 heteroatoms. The first-order chi connectivity index (χ1) is 12.4. The molecule has 1 atom stereocenters. The highest BCUT2D eigenvalue weighted by Crippen LogP contribution is 2.40. The van der Waals surface area contributed by atoms with Crippen molar-refractivity contribution in [3.05, 3.63) is 29.9 Å². The molecule has 0 amide bonds. The summed E-state index contributed by atoms with van der Waals surface area (Å²) in [5.41, 5.74) is -1.50. The Labute approximate surface area is 150 Å². The van der Waals surface area contributed by atoms with E-state index in [9.17, 15) is 13.5 Å². The normalized spacial score (nSPS) is 23.3. The molecule has 1 N–H and O–H groups in total. The molecule has 0 saturated carbocycles. The van der Waals surface area contributed by atoms with Crippen LogP contribution < -0.4 is 9.47 Å². The van der Waals surface area contributed by atoms with Crippen LogP contribution in [-0.4, -0.2) is 54.3 Å². The second-order valence-corrected chi connectivity index (χ2v) is 8.18. The highest BCUT2D eigenvalue weighted by atomic mass is 32.2. The Bertz CT molecular complexity index is 928. The van der Waals surface area contributed by atoms with Crippen LogP contribution in [0.2, 0.25) is 0 Å². The fourth-order valence-corrected chi connectivity index (χ4v) is 4.75. The molecule has 9 nitrogen and oxygen atoms in total. The molecule has 2 aliphatic rings. The monoisotopic (exact) mass is 381 g/mol. The van der Waals surface area contributed by atoms with Crippen molar-refractivity contribution in [2.45, 2.75) is 30.3 Å². The van der Waals surface area contributed by atoms with Crippen LogP contribution in [0.4, 0.5) is 0 Å². The van der Waals surface area contributed by atoms with Gasteiger partial charge in [-0.15, -0.1) is 0 Å². The van der Waals surface area contributed by atoms with Gasteiger partial charge >= 0.3 is 0 Å². The zero-order chi connectivity index (χ0) is 18.4. The Balaban J connectivity index is 1.64. The number of rotatable bonds is 4. The van der Waals surface area contributed by atoms with Gasteiger partial charge in [-0.2, -0.15) is 9.29 Å². The number of sulfonamides is 1. The summed E-state index contributed by atoms with van der Waals surface area (Å²) in [5.74, 6) is 1.12. The Kier molecular flexibility index (Phi) is 4.13. The van der Waals surface area contributed by atoms with Gasteiger partial charge in [-0.1, -0.05) is 18.1 Å². The molecule has 140 valence electrons. The standard InChI is InChI=1S/C16H19N3O6S/c1-2-13-17-15(25-18-13)16(20)6-7-19(10-16)26(21,22)12-5-3-4-11-14(12)24-9-8-23-11/h3-5,20H,2,6-10H2,1H3/t16-/m1/s1. The lowest BCUT2D eigenvalue weighted by Gasteiger charge is -2.24. The van der Waals surface area contributed by atoms with Gasteiger partial charge in [0.2, 0.25) is 10.0 Å². The van der Waals surface area contributed by atoms with E-state index in [2.05, 4.69) is 10.1 Å². The van der Waals surface area contributed by atoms with Crippen molar-refractivity contribution < 1.29 is 27.5 Å². The minimum Gasteiger partial charge on any atom is -0.486 e. The quantitative estimate of drug-likeness (QED) is 0.822. The number of para-hydroxylation sites is 1. The van der Waals surface area contributed by atoms with E-state index in [4.69, 9.17) is 14.0 Å². The van der Waals surface area contributed by atoms with Crippen LogP contribution in [0.5, 0.6) is 11.5 Å². The molecule has 0 radical (unpaired) electrons. The number of aryl methyl sites for hydroxylation is 1. The lowest BCUT2D eigenvalue weighted by molar-refractivity contribution is 0.0194. The molecule has 2 aliphatic heterocycles. The van der Waals surface area contributed by atoms with E-state index in [1.54, 1.807) is 12.1 Å². The average molecular weight is 381 g/mol. The number of benzene rings is 1. The number of aliphatic hydroxyl groups is 1. The molecule has 1 aromatic carbocycles. The van der Waals surface area contributed by atoms with Crippen LogP contribution in [0.25, 0.3) is 0 Å². The van der Waals surface area contributed by atoms with E-state index in [0.717, 1.165) is 0 Å². The van der Waals surface area contributed by atoms with Gasteiger partial charge in [0.15, 0.2) is 22.9 Å². The van der Waals surface area contributed by atoms with Crippen molar-refractivity contribution in [2.24, 2.45) is 0 Å². The van der Waals surface area contributed by atoms with E-state index in [-0.39, 0.29) is 42.7 Å². The second kappa shape index (κ2) is 6.22. The summed E-state index contributed by atoms with van der Waals surface area (Å²) in [7, 11) is -3.88. The van der Waals surface area contributed by atoms with E-state index in [0.29, 0.717) is 24.6 Å². The number of nitrogens with zero attached hydrogens (tertiary/aromatic N) is 3. The summed E-state index contributed by atoms with van der Waals surface area (Å²) < 4.78 is 43.5. The van der Waals surface area contributed by atoms with E-state index >= 15 is 0 Å².